The van der Waals surface area contributed by atoms with Gasteiger partial charge in [-0.05, 0) is 37.3 Å². The van der Waals surface area contributed by atoms with Gasteiger partial charge in [-0.1, -0.05) is 66.2 Å². The van der Waals surface area contributed by atoms with E-state index in [1.54, 1.807) is 13.8 Å². The van der Waals surface area contributed by atoms with Crippen molar-refractivity contribution in [2.24, 2.45) is 0 Å². The van der Waals surface area contributed by atoms with Crippen LogP contribution in [0, 0.1) is 11.8 Å². The number of rotatable bonds is 17. The number of Topliss-reactive ketones (excluding diaryl/α,β-unsaturated/α-hetero) is 2. The molecule has 4 N–H and O–H groups in total. The largest absolute Gasteiger partial charge is 0.418 e. The highest BCUT2D eigenvalue weighted by Gasteiger charge is 2.35. The van der Waals surface area contributed by atoms with Gasteiger partial charge in [-0.25, -0.2) is 39.9 Å². The molecule has 0 radical (unpaired) electrons. The van der Waals surface area contributed by atoms with Crippen LogP contribution in [0.1, 0.15) is 131 Å². The Balaban J connectivity index is 0.000000267. The maximum absolute atomic E-state index is 13.0. The number of anilines is 2. The van der Waals surface area contributed by atoms with Crippen LogP contribution in [0.2, 0.25) is 20.1 Å². The van der Waals surface area contributed by atoms with E-state index >= 15 is 0 Å². The maximum atomic E-state index is 13.0. The molecule has 0 bridgehead atoms. The number of ketones is 2. The Morgan fingerprint density at radius 1 is 0.639 bits per heavy atom. The molecule has 0 saturated heterocycles. The number of unbranched alkanes of at least 4 members (excludes halogenated alkanes) is 1. The summed E-state index contributed by atoms with van der Waals surface area (Å²) in [6.07, 6.45) is -0.933. The molecule has 0 spiro atoms. The molecular formula is C44H36Cl4F6N10O6S2. The van der Waals surface area contributed by atoms with Gasteiger partial charge >= 0.3 is 12.4 Å². The zero-order valence-corrected chi connectivity index (χ0v) is 41.8. The fourth-order valence-corrected chi connectivity index (χ4v) is 8.70. The number of aryl methyl sites for hydroxylation is 1. The monoisotopic (exact) mass is 1120 g/mol. The number of thiazole rings is 2. The van der Waals surface area contributed by atoms with Crippen molar-refractivity contribution in [2.45, 2.75) is 76.6 Å². The van der Waals surface area contributed by atoms with E-state index in [9.17, 15) is 45.5 Å². The van der Waals surface area contributed by atoms with Gasteiger partial charge in [0.1, 0.15) is 56.1 Å². The third kappa shape index (κ3) is 15.6. The van der Waals surface area contributed by atoms with Crippen molar-refractivity contribution in [1.82, 2.24) is 39.9 Å². The summed E-state index contributed by atoms with van der Waals surface area (Å²) in [5.41, 5.74) is -1.50. The number of aliphatic hydroxyl groups is 2. The van der Waals surface area contributed by atoms with E-state index in [1.165, 1.54) is 18.7 Å². The van der Waals surface area contributed by atoms with Crippen LogP contribution in [0.15, 0.2) is 49.6 Å². The second-order valence-electron chi connectivity index (χ2n) is 15.0. The minimum atomic E-state index is -4.71. The van der Waals surface area contributed by atoms with E-state index in [0.717, 1.165) is 41.4 Å². The van der Waals surface area contributed by atoms with E-state index in [0.29, 0.717) is 47.1 Å². The lowest BCUT2D eigenvalue weighted by molar-refractivity contribution is -0.138. The first kappa shape index (κ1) is 57.1. The lowest BCUT2D eigenvalue weighted by Crippen LogP contribution is -2.13. The summed E-state index contributed by atoms with van der Waals surface area (Å²) in [7, 11) is 0. The van der Waals surface area contributed by atoms with Gasteiger partial charge in [0.05, 0.1) is 60.9 Å². The Labute approximate surface area is 433 Å². The fraction of sp³-hybridized carbons (Fsp3) is 0.318. The van der Waals surface area contributed by atoms with Crippen LogP contribution in [0.3, 0.4) is 0 Å². The average Bonchev–Trinajstić information content (AvgIpc) is 4.03. The number of hydrogen-bond donors (Lipinski definition) is 4. The van der Waals surface area contributed by atoms with Gasteiger partial charge in [-0.2, -0.15) is 26.3 Å². The molecule has 0 fully saturated rings. The van der Waals surface area contributed by atoms with Crippen molar-refractivity contribution in [2.75, 3.05) is 23.8 Å². The molecule has 2 amide bonds. The maximum Gasteiger partial charge on any atom is 0.418 e. The van der Waals surface area contributed by atoms with Crippen molar-refractivity contribution < 1.29 is 55.7 Å². The Morgan fingerprint density at radius 3 is 1.57 bits per heavy atom. The van der Waals surface area contributed by atoms with Crippen LogP contribution in [0.5, 0.6) is 0 Å². The van der Waals surface area contributed by atoms with Gasteiger partial charge < -0.3 is 20.8 Å². The van der Waals surface area contributed by atoms with Crippen LogP contribution < -0.4 is 10.6 Å². The van der Waals surface area contributed by atoms with Crippen LogP contribution in [0.25, 0.3) is 0 Å². The first-order chi connectivity index (χ1) is 34.0. The summed E-state index contributed by atoms with van der Waals surface area (Å²) < 4.78 is 78.2. The highest BCUT2D eigenvalue weighted by atomic mass is 35.5. The number of nitrogens with one attached hydrogen (secondary N) is 2. The van der Waals surface area contributed by atoms with E-state index in [1.807, 2.05) is 0 Å². The fourth-order valence-electron chi connectivity index (χ4n) is 6.00. The number of nitrogens with zero attached hydrogens (tertiary/aromatic N) is 8. The zero-order valence-electron chi connectivity index (χ0n) is 37.1. The number of alkyl halides is 6. The van der Waals surface area contributed by atoms with Crippen molar-refractivity contribution in [3.05, 3.63) is 123 Å². The first-order valence-electron chi connectivity index (χ1n) is 20.8. The predicted octanol–water partition coefficient (Wildman–Crippen LogP) is 10.6. The van der Waals surface area contributed by atoms with Crippen molar-refractivity contribution in [1.29, 1.82) is 0 Å². The van der Waals surface area contributed by atoms with Crippen molar-refractivity contribution in [3.8, 4) is 11.8 Å². The number of carbonyl (C=O) groups is 4. The first-order valence-corrected chi connectivity index (χ1v) is 23.9. The molecule has 6 aromatic rings. The van der Waals surface area contributed by atoms with Crippen molar-refractivity contribution >= 4 is 104 Å². The predicted molar refractivity (Wildman–Crippen MR) is 256 cm³/mol. The topological polar surface area (TPSA) is 236 Å². The second-order valence-corrected chi connectivity index (χ2v) is 18.7. The summed E-state index contributed by atoms with van der Waals surface area (Å²) in [5, 5.41) is 22.2. The summed E-state index contributed by atoms with van der Waals surface area (Å²) >= 11 is 25.6. The Hall–Kier alpha value is -5.78. The Bertz CT molecular complexity index is 3010. The van der Waals surface area contributed by atoms with E-state index in [4.69, 9.17) is 56.6 Å². The highest BCUT2D eigenvalue weighted by molar-refractivity contribution is 7.14. The van der Waals surface area contributed by atoms with Crippen LogP contribution in [-0.2, 0) is 18.8 Å². The normalized spacial score (nSPS) is 12.2. The number of pyridine rings is 2. The SMILES string of the molecule is CC(CC(=O)c1ncnc(C#CCCO)c1Cl)c1ncc(C(=O)Nc2cc(C(F)(F)F)c(Cl)cn2)s1.CC(CC(=O)c1ncnc(CCCCO)c1Cl)c1ncc(C(=O)Nc2cc(C(F)(F)F)c(Cl)cn2)s1. The van der Waals surface area contributed by atoms with Gasteiger partial charge in [0.15, 0.2) is 11.6 Å². The summed E-state index contributed by atoms with van der Waals surface area (Å²) in [6.45, 7) is 3.38. The molecule has 0 aliphatic carbocycles. The van der Waals surface area contributed by atoms with Gasteiger partial charge in [0.25, 0.3) is 11.8 Å². The molecule has 0 aromatic carbocycles. The van der Waals surface area contributed by atoms with E-state index in [-0.39, 0.29) is 86.8 Å². The third-order valence-corrected chi connectivity index (χ3v) is 13.4. The highest BCUT2D eigenvalue weighted by Crippen LogP contribution is 2.37. The molecule has 0 aliphatic rings. The minimum absolute atomic E-state index is 0.00645. The van der Waals surface area contributed by atoms with Crippen LogP contribution in [-0.4, -0.2) is 86.7 Å². The number of aromatic nitrogens is 8. The molecule has 72 heavy (non-hydrogen) atoms. The molecule has 380 valence electrons. The third-order valence-electron chi connectivity index (χ3n) is 9.57. The standard InChI is InChI=1S/C22H20Cl2F3N5O3S.C22H16Cl2F3N5O3S/c2*1-11(6-15(34)19-18(24)14(30-10-31-19)4-2-3-5-33)21-29-9-16(36-21)20(35)32-17-7-12(22(25,26)27)13(23)8-28-17/h7-11,33H,2-6H2,1H3,(H,28,32,35);7-11,33H,3,5-6H2,1H3,(H,28,32,35). The molecular weight excluding hydrogens is 1080 g/mol. The number of hydrogen-bond acceptors (Lipinski definition) is 16. The van der Waals surface area contributed by atoms with Crippen LogP contribution >= 0.6 is 69.1 Å². The molecule has 2 unspecified atom stereocenters. The number of aliphatic hydroxyl groups excluding tert-OH is 2. The van der Waals surface area contributed by atoms with Crippen LogP contribution in [0.4, 0.5) is 38.0 Å². The van der Waals surface area contributed by atoms with Gasteiger partial charge in [0.2, 0.25) is 0 Å². The summed E-state index contributed by atoms with van der Waals surface area (Å²) in [6, 6.07) is 1.28. The summed E-state index contributed by atoms with van der Waals surface area (Å²) in [5.74, 6) is 1.73. The quantitative estimate of drug-likeness (QED) is 0.0288. The average molecular weight is 1120 g/mol. The molecule has 16 nitrogen and oxygen atoms in total. The molecule has 6 rings (SSSR count). The van der Waals surface area contributed by atoms with Gasteiger partial charge in [-0.15, -0.1) is 22.7 Å². The molecule has 6 aromatic heterocycles. The molecule has 0 aliphatic heterocycles. The number of halogens is 10. The number of amides is 2. The molecule has 6 heterocycles. The lowest BCUT2D eigenvalue weighted by Gasteiger charge is -2.10. The Morgan fingerprint density at radius 2 is 1.11 bits per heavy atom. The second kappa shape index (κ2) is 25.7. The van der Waals surface area contributed by atoms with E-state index in [2.05, 4.69) is 62.3 Å². The Kier molecular flexibility index (Phi) is 20.4. The zero-order chi connectivity index (χ0) is 52.9. The van der Waals surface area contributed by atoms with Gasteiger partial charge in [-0.3, -0.25) is 19.2 Å². The smallest absolute Gasteiger partial charge is 0.396 e. The molecule has 0 saturated carbocycles. The van der Waals surface area contributed by atoms with E-state index < -0.39 is 63.0 Å². The minimum Gasteiger partial charge on any atom is -0.396 e. The molecule has 2 atom stereocenters. The molecule has 28 heteroatoms. The summed E-state index contributed by atoms with van der Waals surface area (Å²) in [4.78, 5) is 82.6. The van der Waals surface area contributed by atoms with Crippen molar-refractivity contribution in [3.63, 3.8) is 0 Å². The number of carbonyl (C=O) groups excluding carboxylic acids is 4. The lowest BCUT2D eigenvalue weighted by atomic mass is 10.0. The van der Waals surface area contributed by atoms with Gasteiger partial charge in [0, 0.05) is 50.1 Å².